The van der Waals surface area contributed by atoms with E-state index in [0.29, 0.717) is 17.1 Å². The lowest BCUT2D eigenvalue weighted by molar-refractivity contribution is -0.115. The van der Waals surface area contributed by atoms with Crippen molar-refractivity contribution in [1.29, 1.82) is 0 Å². The molecule has 0 atom stereocenters. The van der Waals surface area contributed by atoms with Gasteiger partial charge in [0.15, 0.2) is 5.16 Å². The second kappa shape index (κ2) is 9.37. The predicted octanol–water partition coefficient (Wildman–Crippen LogP) is 3.58. The fourth-order valence-electron chi connectivity index (χ4n) is 2.86. The van der Waals surface area contributed by atoms with Crippen LogP contribution in [0.15, 0.2) is 70.8 Å². The van der Waals surface area contributed by atoms with E-state index in [1.165, 1.54) is 42.2 Å². The number of para-hydroxylation sites is 2. The third-order valence-corrected chi connectivity index (χ3v) is 6.62. The maximum atomic E-state index is 12.5. The van der Waals surface area contributed by atoms with Crippen molar-refractivity contribution in [1.82, 2.24) is 19.9 Å². The minimum Gasteiger partial charge on any atom is -0.333 e. The molecule has 0 aliphatic carbocycles. The Morgan fingerprint density at radius 2 is 1.84 bits per heavy atom. The molecule has 32 heavy (non-hydrogen) atoms. The van der Waals surface area contributed by atoms with E-state index >= 15 is 0 Å². The number of nitrogens with zero attached hydrogens (tertiary/aromatic N) is 3. The number of hydrogen-bond acceptors (Lipinski definition) is 7. The first-order valence-electron chi connectivity index (χ1n) is 9.69. The van der Waals surface area contributed by atoms with Crippen molar-refractivity contribution in [3.05, 3.63) is 66.5 Å². The number of hydrogen-bond donors (Lipinski definition) is 3. The molecule has 2 aromatic carbocycles. The molecule has 0 unspecified atom stereocenters. The van der Waals surface area contributed by atoms with E-state index < -0.39 is 10.0 Å². The van der Waals surface area contributed by atoms with Gasteiger partial charge in [0, 0.05) is 29.8 Å². The predicted molar refractivity (Wildman–Crippen MR) is 124 cm³/mol. The number of nitrogens with one attached hydrogen (secondary N) is 3. The standard InChI is InChI=1S/C21H20N6O3S2/c1-14-10-12-22-20(23-14)27-32(29,30)16-8-6-15(7-9-16)24-19(28)11-13-31-21-25-17-4-2-3-5-18(17)26-21/h2-10,12H,11,13H2,1H3,(H,24,28)(H,25,26)(H,22,23,27). The molecule has 0 spiro atoms. The van der Waals surface area contributed by atoms with Crippen molar-refractivity contribution < 1.29 is 13.2 Å². The van der Waals surface area contributed by atoms with Gasteiger partial charge in [0.1, 0.15) is 0 Å². The van der Waals surface area contributed by atoms with Crippen molar-refractivity contribution in [2.45, 2.75) is 23.4 Å². The van der Waals surface area contributed by atoms with E-state index in [4.69, 9.17) is 0 Å². The SMILES string of the molecule is Cc1ccnc(NS(=O)(=O)c2ccc(NC(=O)CCSc3nc4ccccc4[nH]3)cc2)n1. The zero-order chi connectivity index (χ0) is 22.6. The minimum absolute atomic E-state index is 0.00401. The average Bonchev–Trinajstić information content (AvgIpc) is 3.16. The number of fused-ring (bicyclic) bond motifs is 1. The lowest BCUT2D eigenvalue weighted by Crippen LogP contribution is -2.16. The van der Waals surface area contributed by atoms with Crippen LogP contribution in [0.5, 0.6) is 0 Å². The molecule has 4 aromatic rings. The molecule has 0 radical (unpaired) electrons. The summed E-state index contributed by atoms with van der Waals surface area (Å²) in [6.07, 6.45) is 1.76. The van der Waals surface area contributed by atoms with Crippen LogP contribution in [0.25, 0.3) is 11.0 Å². The van der Waals surface area contributed by atoms with Gasteiger partial charge in [-0.2, -0.15) is 0 Å². The number of rotatable bonds is 8. The van der Waals surface area contributed by atoms with Crippen molar-refractivity contribution in [3.63, 3.8) is 0 Å². The summed E-state index contributed by atoms with van der Waals surface area (Å²) in [7, 11) is -3.83. The molecular weight excluding hydrogens is 448 g/mol. The molecule has 4 rings (SSSR count). The van der Waals surface area contributed by atoms with Crippen LogP contribution in [0.1, 0.15) is 12.1 Å². The molecule has 0 aliphatic rings. The lowest BCUT2D eigenvalue weighted by atomic mass is 10.3. The fraction of sp³-hybridized carbons (Fsp3) is 0.143. The number of imidazole rings is 1. The number of H-pyrrole nitrogens is 1. The Labute approximate surface area is 189 Å². The molecule has 9 nitrogen and oxygen atoms in total. The Balaban J connectivity index is 1.30. The van der Waals surface area contributed by atoms with E-state index in [1.54, 1.807) is 13.0 Å². The molecular formula is C21H20N6O3S2. The lowest BCUT2D eigenvalue weighted by Gasteiger charge is -2.09. The number of aromatic nitrogens is 4. The largest absolute Gasteiger partial charge is 0.333 e. The second-order valence-corrected chi connectivity index (χ2v) is 9.62. The molecule has 2 aromatic heterocycles. The molecule has 0 bridgehead atoms. The summed E-state index contributed by atoms with van der Waals surface area (Å²) in [6.45, 7) is 1.74. The number of benzene rings is 2. The average molecular weight is 469 g/mol. The summed E-state index contributed by atoms with van der Waals surface area (Å²) >= 11 is 1.47. The monoisotopic (exact) mass is 468 g/mol. The van der Waals surface area contributed by atoms with Gasteiger partial charge in [0.2, 0.25) is 11.9 Å². The van der Waals surface area contributed by atoms with Crippen LogP contribution >= 0.6 is 11.8 Å². The molecule has 3 N–H and O–H groups in total. The Morgan fingerprint density at radius 3 is 2.59 bits per heavy atom. The van der Waals surface area contributed by atoms with Gasteiger partial charge in [-0.25, -0.2) is 28.1 Å². The molecule has 0 saturated heterocycles. The highest BCUT2D eigenvalue weighted by Crippen LogP contribution is 2.20. The number of thioether (sulfide) groups is 1. The third kappa shape index (κ3) is 5.42. The Bertz CT molecular complexity index is 1320. The topological polar surface area (TPSA) is 130 Å². The number of amides is 1. The number of carbonyl (C=O) groups is 1. The Hall–Kier alpha value is -3.44. The number of aromatic amines is 1. The summed E-state index contributed by atoms with van der Waals surface area (Å²) in [5, 5.41) is 3.53. The quantitative estimate of drug-likeness (QED) is 0.337. The van der Waals surface area contributed by atoms with E-state index in [9.17, 15) is 13.2 Å². The van der Waals surface area contributed by atoms with Crippen LogP contribution in [0.4, 0.5) is 11.6 Å². The smallest absolute Gasteiger partial charge is 0.264 e. The zero-order valence-electron chi connectivity index (χ0n) is 17.1. The van der Waals surface area contributed by atoms with Gasteiger partial charge in [-0.05, 0) is 49.4 Å². The van der Waals surface area contributed by atoms with Crippen LogP contribution in [-0.4, -0.2) is 40.0 Å². The number of sulfonamides is 1. The van der Waals surface area contributed by atoms with Gasteiger partial charge in [0.25, 0.3) is 10.0 Å². The summed E-state index contributed by atoms with van der Waals surface area (Å²) in [5.74, 6) is 0.387. The van der Waals surface area contributed by atoms with Crippen LogP contribution in [0.3, 0.4) is 0 Å². The molecule has 0 fully saturated rings. The van der Waals surface area contributed by atoms with Gasteiger partial charge in [-0.15, -0.1) is 0 Å². The Morgan fingerprint density at radius 1 is 1.06 bits per heavy atom. The highest BCUT2D eigenvalue weighted by molar-refractivity contribution is 7.99. The zero-order valence-corrected chi connectivity index (χ0v) is 18.7. The third-order valence-electron chi connectivity index (χ3n) is 4.40. The van der Waals surface area contributed by atoms with E-state index in [0.717, 1.165) is 16.2 Å². The summed E-state index contributed by atoms with van der Waals surface area (Å²) < 4.78 is 27.3. The van der Waals surface area contributed by atoms with Crippen LogP contribution in [-0.2, 0) is 14.8 Å². The van der Waals surface area contributed by atoms with Gasteiger partial charge in [-0.1, -0.05) is 23.9 Å². The van der Waals surface area contributed by atoms with E-state index in [1.807, 2.05) is 24.3 Å². The van der Waals surface area contributed by atoms with Crippen LogP contribution < -0.4 is 10.0 Å². The van der Waals surface area contributed by atoms with Crippen molar-refractivity contribution >= 4 is 50.4 Å². The molecule has 2 heterocycles. The normalized spacial score (nSPS) is 11.4. The summed E-state index contributed by atoms with van der Waals surface area (Å²) in [4.78, 5) is 27.9. The number of carbonyl (C=O) groups excluding carboxylic acids is 1. The molecule has 0 saturated carbocycles. The van der Waals surface area contributed by atoms with Gasteiger partial charge >= 0.3 is 0 Å². The van der Waals surface area contributed by atoms with Crippen molar-refractivity contribution in [3.8, 4) is 0 Å². The first-order valence-corrected chi connectivity index (χ1v) is 12.2. The Kier molecular flexibility index (Phi) is 6.37. The second-order valence-electron chi connectivity index (χ2n) is 6.86. The van der Waals surface area contributed by atoms with Crippen LogP contribution in [0.2, 0.25) is 0 Å². The van der Waals surface area contributed by atoms with Gasteiger partial charge in [-0.3, -0.25) is 4.79 Å². The van der Waals surface area contributed by atoms with Crippen molar-refractivity contribution in [2.75, 3.05) is 15.8 Å². The summed E-state index contributed by atoms with van der Waals surface area (Å²) in [6, 6.07) is 15.3. The highest BCUT2D eigenvalue weighted by atomic mass is 32.2. The van der Waals surface area contributed by atoms with Gasteiger partial charge in [0.05, 0.1) is 15.9 Å². The number of anilines is 2. The van der Waals surface area contributed by atoms with Crippen molar-refractivity contribution in [2.24, 2.45) is 0 Å². The molecule has 11 heteroatoms. The highest BCUT2D eigenvalue weighted by Gasteiger charge is 2.16. The van der Waals surface area contributed by atoms with Crippen LogP contribution in [0, 0.1) is 6.92 Å². The fourth-order valence-corrected chi connectivity index (χ4v) is 4.63. The molecule has 1 amide bonds. The first kappa shape index (κ1) is 21.8. The first-order chi connectivity index (χ1) is 15.4. The maximum Gasteiger partial charge on any atom is 0.264 e. The summed E-state index contributed by atoms with van der Waals surface area (Å²) in [5.41, 5.74) is 3.00. The minimum atomic E-state index is -3.83. The molecule has 164 valence electrons. The van der Waals surface area contributed by atoms with E-state index in [-0.39, 0.29) is 23.2 Å². The van der Waals surface area contributed by atoms with E-state index in [2.05, 4.69) is 30.0 Å². The maximum absolute atomic E-state index is 12.5. The van der Waals surface area contributed by atoms with Gasteiger partial charge < -0.3 is 10.3 Å². The number of aryl methyl sites for hydroxylation is 1. The molecule has 0 aliphatic heterocycles.